The molecule has 20 heavy (non-hydrogen) atoms. The number of nitrogens with one attached hydrogen (secondary N) is 2. The topological polar surface area (TPSA) is 66.9 Å². The molecule has 0 atom stereocenters. The fourth-order valence-electron chi connectivity index (χ4n) is 1.63. The highest BCUT2D eigenvalue weighted by atomic mass is 79.9. The molecule has 0 saturated carbocycles. The Kier molecular flexibility index (Phi) is 4.29. The second-order valence-electron chi connectivity index (χ2n) is 4.18. The zero-order chi connectivity index (χ0) is 14.7. The van der Waals surface area contributed by atoms with Crippen LogP contribution < -0.4 is 10.9 Å². The van der Waals surface area contributed by atoms with Gasteiger partial charge in [-0.2, -0.15) is 0 Å². The number of benzene rings is 1. The first kappa shape index (κ1) is 14.4. The molecule has 0 aliphatic heterocycles. The van der Waals surface area contributed by atoms with Crippen molar-refractivity contribution in [1.82, 2.24) is 15.4 Å². The molecule has 2 N–H and O–H groups in total. The zero-order valence-electron chi connectivity index (χ0n) is 10.9. The summed E-state index contributed by atoms with van der Waals surface area (Å²) in [7, 11) is 0. The van der Waals surface area contributed by atoms with Crippen molar-refractivity contribution in [3.05, 3.63) is 51.5 Å². The van der Waals surface area contributed by atoms with Gasteiger partial charge in [0.2, 0.25) is 5.95 Å². The van der Waals surface area contributed by atoms with Gasteiger partial charge in [-0.1, -0.05) is 0 Å². The molecule has 0 aliphatic rings. The van der Waals surface area contributed by atoms with Gasteiger partial charge in [-0.05, 0) is 54.0 Å². The summed E-state index contributed by atoms with van der Waals surface area (Å²) in [6.07, 6.45) is 0. The Balaban J connectivity index is 2.10. The maximum atomic E-state index is 13.1. The van der Waals surface area contributed by atoms with Crippen molar-refractivity contribution in [2.45, 2.75) is 13.8 Å². The second-order valence-corrected chi connectivity index (χ2v) is 5.03. The van der Waals surface area contributed by atoms with Crippen LogP contribution in [0.25, 0.3) is 0 Å². The average molecular weight is 339 g/mol. The second kappa shape index (κ2) is 5.96. The lowest BCUT2D eigenvalue weighted by molar-refractivity contribution is 0.0961. The molecule has 5 nitrogen and oxygen atoms in total. The summed E-state index contributed by atoms with van der Waals surface area (Å²) in [6.45, 7) is 3.65. The van der Waals surface area contributed by atoms with Crippen LogP contribution in [0.5, 0.6) is 0 Å². The number of rotatable bonds is 3. The normalized spacial score (nSPS) is 10.2. The first-order chi connectivity index (χ1) is 9.45. The van der Waals surface area contributed by atoms with Gasteiger partial charge in [0.1, 0.15) is 5.82 Å². The Labute approximate surface area is 123 Å². The molecule has 1 heterocycles. The third-order valence-electron chi connectivity index (χ3n) is 2.44. The molecule has 0 fully saturated rings. The summed E-state index contributed by atoms with van der Waals surface area (Å²) in [5, 5.41) is 0. The number of anilines is 1. The van der Waals surface area contributed by atoms with E-state index in [1.807, 2.05) is 19.9 Å². The lowest BCUT2D eigenvalue weighted by Crippen LogP contribution is -2.30. The predicted molar refractivity (Wildman–Crippen MR) is 76.7 cm³/mol. The summed E-state index contributed by atoms with van der Waals surface area (Å²) in [4.78, 5) is 20.2. The van der Waals surface area contributed by atoms with Gasteiger partial charge >= 0.3 is 0 Å². The van der Waals surface area contributed by atoms with E-state index in [-0.39, 0.29) is 11.5 Å². The van der Waals surface area contributed by atoms with Crippen molar-refractivity contribution < 1.29 is 9.18 Å². The van der Waals surface area contributed by atoms with Crippen LogP contribution in [0.15, 0.2) is 28.7 Å². The highest BCUT2D eigenvalue weighted by molar-refractivity contribution is 9.10. The zero-order valence-corrected chi connectivity index (χ0v) is 12.5. The van der Waals surface area contributed by atoms with Crippen LogP contribution in [0.2, 0.25) is 0 Å². The van der Waals surface area contributed by atoms with Crippen molar-refractivity contribution >= 4 is 27.8 Å². The molecule has 0 radical (unpaired) electrons. The monoisotopic (exact) mass is 338 g/mol. The average Bonchev–Trinajstić information content (AvgIpc) is 2.38. The summed E-state index contributed by atoms with van der Waals surface area (Å²) in [5.41, 5.74) is 6.77. The third-order valence-corrected chi connectivity index (χ3v) is 3.13. The lowest BCUT2D eigenvalue weighted by Gasteiger charge is -2.09. The lowest BCUT2D eigenvalue weighted by atomic mass is 10.2. The molecular formula is C13H12BrFN4O. The highest BCUT2D eigenvalue weighted by Gasteiger charge is 2.11. The largest absolute Gasteiger partial charge is 0.270 e. The molecule has 0 spiro atoms. The molecule has 2 aromatic rings. The Bertz CT molecular complexity index is 643. The number of hydrazine groups is 1. The van der Waals surface area contributed by atoms with Gasteiger partial charge in [0, 0.05) is 15.9 Å². The van der Waals surface area contributed by atoms with Crippen molar-refractivity contribution in [2.24, 2.45) is 0 Å². The standard InChI is InChI=1S/C13H12BrFN4O/c1-7-5-8(2)17-13(16-7)19-18-12(20)10-6-9(15)3-4-11(10)14/h3-6H,1-2H3,(H,18,20)(H,16,17,19). The number of hydrogen-bond acceptors (Lipinski definition) is 4. The van der Waals surface area contributed by atoms with Crippen LogP contribution >= 0.6 is 15.9 Å². The minimum Gasteiger partial charge on any atom is -0.267 e. The van der Waals surface area contributed by atoms with Crippen LogP contribution in [0.3, 0.4) is 0 Å². The van der Waals surface area contributed by atoms with Gasteiger partial charge in [-0.25, -0.2) is 14.4 Å². The van der Waals surface area contributed by atoms with Gasteiger partial charge in [0.05, 0.1) is 5.56 Å². The molecule has 1 aromatic heterocycles. The van der Waals surface area contributed by atoms with Gasteiger partial charge < -0.3 is 0 Å². The van der Waals surface area contributed by atoms with Gasteiger partial charge in [0.15, 0.2) is 0 Å². The fraction of sp³-hybridized carbons (Fsp3) is 0.154. The molecule has 0 unspecified atom stereocenters. The maximum Gasteiger partial charge on any atom is 0.270 e. The minimum atomic E-state index is -0.487. The molecule has 1 aromatic carbocycles. The number of carbonyl (C=O) groups is 1. The molecule has 0 saturated heterocycles. The number of hydrogen-bond donors (Lipinski definition) is 2. The Morgan fingerprint density at radius 1 is 1.20 bits per heavy atom. The van der Waals surface area contributed by atoms with Gasteiger partial charge in [-0.3, -0.25) is 15.6 Å². The smallest absolute Gasteiger partial charge is 0.267 e. The number of amides is 1. The van der Waals surface area contributed by atoms with Crippen molar-refractivity contribution in [3.8, 4) is 0 Å². The Morgan fingerprint density at radius 2 is 1.85 bits per heavy atom. The van der Waals surface area contributed by atoms with E-state index >= 15 is 0 Å². The van der Waals surface area contributed by atoms with E-state index in [4.69, 9.17) is 0 Å². The van der Waals surface area contributed by atoms with Gasteiger partial charge in [-0.15, -0.1) is 0 Å². The van der Waals surface area contributed by atoms with Crippen molar-refractivity contribution in [3.63, 3.8) is 0 Å². The Hall–Kier alpha value is -2.02. The van der Waals surface area contributed by atoms with E-state index in [1.54, 1.807) is 0 Å². The van der Waals surface area contributed by atoms with Gasteiger partial charge in [0.25, 0.3) is 5.91 Å². The number of nitrogens with zero attached hydrogens (tertiary/aromatic N) is 2. The van der Waals surface area contributed by atoms with Crippen LogP contribution in [0, 0.1) is 19.7 Å². The first-order valence-electron chi connectivity index (χ1n) is 5.79. The number of halogens is 2. The quantitative estimate of drug-likeness (QED) is 0.844. The van der Waals surface area contributed by atoms with Crippen LogP contribution in [0.1, 0.15) is 21.7 Å². The summed E-state index contributed by atoms with van der Waals surface area (Å²) in [5.74, 6) is -0.691. The van der Waals surface area contributed by atoms with E-state index < -0.39 is 11.7 Å². The third kappa shape index (κ3) is 3.51. The van der Waals surface area contributed by atoms with Crippen LogP contribution in [0.4, 0.5) is 10.3 Å². The number of carbonyl (C=O) groups excluding carboxylic acids is 1. The molecule has 2 rings (SSSR count). The summed E-state index contributed by atoms with van der Waals surface area (Å²) in [6, 6.07) is 5.69. The molecule has 104 valence electrons. The van der Waals surface area contributed by atoms with E-state index in [1.165, 1.54) is 12.1 Å². The van der Waals surface area contributed by atoms with E-state index in [0.29, 0.717) is 4.47 Å². The Morgan fingerprint density at radius 3 is 2.50 bits per heavy atom. The minimum absolute atomic E-state index is 0.182. The van der Waals surface area contributed by atoms with Crippen molar-refractivity contribution in [2.75, 3.05) is 5.43 Å². The number of aryl methyl sites for hydroxylation is 2. The number of aromatic nitrogens is 2. The highest BCUT2D eigenvalue weighted by Crippen LogP contribution is 2.17. The predicted octanol–water partition coefficient (Wildman–Crippen LogP) is 2.75. The summed E-state index contributed by atoms with van der Waals surface area (Å²) >= 11 is 3.19. The summed E-state index contributed by atoms with van der Waals surface area (Å²) < 4.78 is 13.6. The fourth-order valence-corrected chi connectivity index (χ4v) is 2.06. The molecule has 1 amide bonds. The van der Waals surface area contributed by atoms with E-state index in [9.17, 15) is 9.18 Å². The SMILES string of the molecule is Cc1cc(C)nc(NNC(=O)c2cc(F)ccc2Br)n1. The molecule has 0 bridgehead atoms. The molecular weight excluding hydrogens is 327 g/mol. The van der Waals surface area contributed by atoms with Crippen molar-refractivity contribution in [1.29, 1.82) is 0 Å². The van der Waals surface area contributed by atoms with Crippen LogP contribution in [-0.2, 0) is 0 Å². The molecule has 0 aliphatic carbocycles. The van der Waals surface area contributed by atoms with E-state index in [2.05, 4.69) is 36.7 Å². The molecule has 7 heteroatoms. The van der Waals surface area contributed by atoms with Crippen LogP contribution in [-0.4, -0.2) is 15.9 Å². The first-order valence-corrected chi connectivity index (χ1v) is 6.58. The maximum absolute atomic E-state index is 13.1. The van der Waals surface area contributed by atoms with E-state index in [0.717, 1.165) is 17.5 Å².